The fourth-order valence-corrected chi connectivity index (χ4v) is 2.15. The number of benzene rings is 1. The third-order valence-electron chi connectivity index (χ3n) is 3.44. The molecule has 0 fully saturated rings. The molecule has 0 bridgehead atoms. The number of ether oxygens (including phenoxy) is 4. The Morgan fingerprint density at radius 3 is 2.58 bits per heavy atom. The fraction of sp³-hybridized carbons (Fsp3) is 0.300. The molecule has 6 nitrogen and oxygen atoms in total. The number of hydrogen-bond acceptors (Lipinski definition) is 6. The normalized spacial score (nSPS) is 12.6. The van der Waals surface area contributed by atoms with E-state index in [0.29, 0.717) is 36.7 Å². The summed E-state index contributed by atoms with van der Waals surface area (Å²) in [6.45, 7) is 10.8. The van der Waals surface area contributed by atoms with Gasteiger partial charge in [-0.15, -0.1) is 0 Å². The Balaban J connectivity index is 0.000000765. The zero-order chi connectivity index (χ0) is 19.4. The van der Waals surface area contributed by atoms with Crippen molar-refractivity contribution >= 4 is 12.4 Å². The minimum Gasteiger partial charge on any atom is -0.490 e. The lowest BCUT2D eigenvalue weighted by Gasteiger charge is -2.13. The lowest BCUT2D eigenvalue weighted by Crippen LogP contribution is -2.10. The molecule has 0 radical (unpaired) electrons. The Morgan fingerprint density at radius 2 is 1.96 bits per heavy atom. The number of allylic oxidation sites excluding steroid dienone is 2. The summed E-state index contributed by atoms with van der Waals surface area (Å²) in [6.07, 6.45) is 5.84. The Hall–Kier alpha value is -3.02. The zero-order valence-corrected chi connectivity index (χ0v) is 15.2. The van der Waals surface area contributed by atoms with Crippen molar-refractivity contribution in [2.45, 2.75) is 13.3 Å². The SMILES string of the molecule is C=C/C=C(\C=C)COC(=O)c1ccc2c(c1C)OCCCO2.COC=O. The van der Waals surface area contributed by atoms with Crippen molar-refractivity contribution in [3.63, 3.8) is 0 Å². The molecule has 0 saturated heterocycles. The Labute approximate surface area is 153 Å². The lowest BCUT2D eigenvalue weighted by molar-refractivity contribution is -0.126. The first-order chi connectivity index (χ1) is 12.6. The van der Waals surface area contributed by atoms with E-state index in [1.54, 1.807) is 30.4 Å². The van der Waals surface area contributed by atoms with Gasteiger partial charge in [0.2, 0.25) is 0 Å². The third kappa shape index (κ3) is 6.12. The van der Waals surface area contributed by atoms with E-state index in [4.69, 9.17) is 19.0 Å². The predicted molar refractivity (Wildman–Crippen MR) is 98.6 cm³/mol. The first kappa shape index (κ1) is 21.0. The summed E-state index contributed by atoms with van der Waals surface area (Å²) in [4.78, 5) is 21.2. The quantitative estimate of drug-likeness (QED) is 0.440. The molecule has 140 valence electrons. The van der Waals surface area contributed by atoms with Crippen molar-refractivity contribution < 1.29 is 28.5 Å². The lowest BCUT2D eigenvalue weighted by atomic mass is 10.1. The minimum absolute atomic E-state index is 0.155. The van der Waals surface area contributed by atoms with E-state index < -0.39 is 5.97 Å². The van der Waals surface area contributed by atoms with Crippen LogP contribution in [0, 0.1) is 6.92 Å². The van der Waals surface area contributed by atoms with Crippen LogP contribution >= 0.6 is 0 Å². The zero-order valence-electron chi connectivity index (χ0n) is 15.2. The van der Waals surface area contributed by atoms with Gasteiger partial charge in [-0.1, -0.05) is 31.4 Å². The van der Waals surface area contributed by atoms with Crippen LogP contribution in [0.2, 0.25) is 0 Å². The Morgan fingerprint density at radius 1 is 1.27 bits per heavy atom. The van der Waals surface area contributed by atoms with Crippen LogP contribution in [0.5, 0.6) is 11.5 Å². The number of fused-ring (bicyclic) bond motifs is 1. The van der Waals surface area contributed by atoms with Gasteiger partial charge in [-0.2, -0.15) is 0 Å². The number of methoxy groups -OCH3 is 1. The maximum Gasteiger partial charge on any atom is 0.338 e. The molecule has 1 aliphatic rings. The van der Waals surface area contributed by atoms with Crippen molar-refractivity contribution in [1.29, 1.82) is 0 Å². The van der Waals surface area contributed by atoms with Crippen LogP contribution in [0.4, 0.5) is 0 Å². The first-order valence-electron chi connectivity index (χ1n) is 8.05. The smallest absolute Gasteiger partial charge is 0.338 e. The molecule has 0 aromatic heterocycles. The Bertz CT molecular complexity index is 675. The van der Waals surface area contributed by atoms with E-state index in [1.165, 1.54) is 7.11 Å². The van der Waals surface area contributed by atoms with Gasteiger partial charge in [0.15, 0.2) is 11.5 Å². The van der Waals surface area contributed by atoms with Gasteiger partial charge in [-0.3, -0.25) is 4.79 Å². The monoisotopic (exact) mass is 360 g/mol. The molecule has 1 aromatic carbocycles. The molecule has 0 N–H and O–H groups in total. The molecule has 26 heavy (non-hydrogen) atoms. The number of carbonyl (C=O) groups excluding carboxylic acids is 2. The van der Waals surface area contributed by atoms with Crippen LogP contribution < -0.4 is 9.47 Å². The highest BCUT2D eigenvalue weighted by Crippen LogP contribution is 2.35. The second-order valence-corrected chi connectivity index (χ2v) is 5.21. The first-order valence-corrected chi connectivity index (χ1v) is 8.05. The van der Waals surface area contributed by atoms with E-state index >= 15 is 0 Å². The van der Waals surface area contributed by atoms with Gasteiger partial charge in [0.25, 0.3) is 6.47 Å². The topological polar surface area (TPSA) is 71.1 Å². The molecule has 1 aromatic rings. The molecule has 0 spiro atoms. The van der Waals surface area contributed by atoms with E-state index in [9.17, 15) is 4.79 Å². The van der Waals surface area contributed by atoms with Crippen LogP contribution in [0.1, 0.15) is 22.3 Å². The summed E-state index contributed by atoms with van der Waals surface area (Å²) in [5.41, 5.74) is 2.00. The molecule has 1 aliphatic heterocycles. The summed E-state index contributed by atoms with van der Waals surface area (Å²) in [5, 5.41) is 0. The fourth-order valence-electron chi connectivity index (χ4n) is 2.15. The standard InChI is InChI=1S/C18H20O4.C2H4O2/c1-4-7-14(5-2)12-22-18(19)15-8-9-16-17(13(15)3)21-11-6-10-20-16;1-4-2-3/h4-5,7-9H,1-2,6,10-12H2,3H3;2H,1H3/b14-7+;. The maximum absolute atomic E-state index is 12.3. The van der Waals surface area contributed by atoms with E-state index in [1.807, 2.05) is 6.92 Å². The second-order valence-electron chi connectivity index (χ2n) is 5.21. The number of hydrogen-bond donors (Lipinski definition) is 0. The summed E-state index contributed by atoms with van der Waals surface area (Å²) >= 11 is 0. The highest BCUT2D eigenvalue weighted by molar-refractivity contribution is 5.92. The van der Waals surface area contributed by atoms with Crippen LogP contribution in [-0.4, -0.2) is 39.4 Å². The van der Waals surface area contributed by atoms with Crippen molar-refractivity contribution in [2.75, 3.05) is 26.9 Å². The molecular weight excluding hydrogens is 336 g/mol. The Kier molecular flexibility index (Phi) is 9.31. The number of esters is 1. The van der Waals surface area contributed by atoms with Gasteiger partial charge in [0, 0.05) is 12.0 Å². The molecule has 0 amide bonds. The number of rotatable bonds is 6. The van der Waals surface area contributed by atoms with Crippen molar-refractivity contribution in [1.82, 2.24) is 0 Å². The van der Waals surface area contributed by atoms with Crippen molar-refractivity contribution in [3.05, 3.63) is 60.2 Å². The summed E-state index contributed by atoms with van der Waals surface area (Å²) in [7, 11) is 1.31. The molecule has 6 heteroatoms. The summed E-state index contributed by atoms with van der Waals surface area (Å²) in [6, 6.07) is 3.45. The van der Waals surface area contributed by atoms with E-state index in [2.05, 4.69) is 17.9 Å². The molecule has 0 atom stereocenters. The summed E-state index contributed by atoms with van der Waals surface area (Å²) in [5.74, 6) is 0.896. The van der Waals surface area contributed by atoms with Crippen LogP contribution in [0.15, 0.2) is 49.1 Å². The van der Waals surface area contributed by atoms with Crippen molar-refractivity contribution in [2.24, 2.45) is 0 Å². The average Bonchev–Trinajstić information content (AvgIpc) is 2.91. The van der Waals surface area contributed by atoms with Gasteiger partial charge < -0.3 is 18.9 Å². The van der Waals surface area contributed by atoms with Crippen molar-refractivity contribution in [3.8, 4) is 11.5 Å². The molecular formula is C20H24O6. The van der Waals surface area contributed by atoms with E-state index in [-0.39, 0.29) is 6.61 Å². The molecule has 2 rings (SSSR count). The molecule has 0 saturated carbocycles. The van der Waals surface area contributed by atoms with Crippen LogP contribution in [-0.2, 0) is 14.3 Å². The molecule has 1 heterocycles. The van der Waals surface area contributed by atoms with Gasteiger partial charge in [0.05, 0.1) is 25.9 Å². The number of carbonyl (C=O) groups is 2. The predicted octanol–water partition coefficient (Wildman–Crippen LogP) is 3.40. The van der Waals surface area contributed by atoms with Crippen LogP contribution in [0.25, 0.3) is 0 Å². The van der Waals surface area contributed by atoms with Gasteiger partial charge in [-0.05, 0) is 24.6 Å². The molecule has 0 unspecified atom stereocenters. The van der Waals surface area contributed by atoms with Gasteiger partial charge >= 0.3 is 5.97 Å². The highest BCUT2D eigenvalue weighted by atomic mass is 16.5. The maximum atomic E-state index is 12.3. The van der Waals surface area contributed by atoms with Crippen LogP contribution in [0.3, 0.4) is 0 Å². The second kappa shape index (κ2) is 11.5. The van der Waals surface area contributed by atoms with E-state index in [0.717, 1.165) is 17.6 Å². The van der Waals surface area contributed by atoms with Gasteiger partial charge in [0.1, 0.15) is 6.61 Å². The third-order valence-corrected chi connectivity index (χ3v) is 3.44. The van der Waals surface area contributed by atoms with Gasteiger partial charge in [-0.25, -0.2) is 4.79 Å². The highest BCUT2D eigenvalue weighted by Gasteiger charge is 2.20. The largest absolute Gasteiger partial charge is 0.490 e. The summed E-state index contributed by atoms with van der Waals surface area (Å²) < 4.78 is 20.5. The minimum atomic E-state index is -0.398. The molecule has 0 aliphatic carbocycles. The average molecular weight is 360 g/mol.